The van der Waals surface area contributed by atoms with E-state index >= 15 is 0 Å². The molecular weight excluding hydrogens is 461 g/mol. The first-order valence-corrected chi connectivity index (χ1v) is 10.6. The molecule has 1 aromatic carbocycles. The van der Waals surface area contributed by atoms with Gasteiger partial charge < -0.3 is 15.5 Å². The molecule has 0 saturated carbocycles. The SMILES string of the molecule is Cl.Cl.Cl.O=C1CCC(Nc2ccc(N3CCN(CC4CCNCC4)CC3)cc2)C(=O)N1. The molecule has 3 saturated heterocycles. The lowest BCUT2D eigenvalue weighted by Crippen LogP contribution is -2.48. The normalized spacial score (nSPS) is 22.5. The molecule has 31 heavy (non-hydrogen) atoms. The summed E-state index contributed by atoms with van der Waals surface area (Å²) in [6.45, 7) is 7.95. The Balaban J connectivity index is 0.00000160. The van der Waals surface area contributed by atoms with Gasteiger partial charge in [0.15, 0.2) is 0 Å². The van der Waals surface area contributed by atoms with Crippen LogP contribution in [0.2, 0.25) is 0 Å². The van der Waals surface area contributed by atoms with E-state index in [1.165, 1.54) is 38.2 Å². The van der Waals surface area contributed by atoms with Crippen LogP contribution in [0.5, 0.6) is 0 Å². The van der Waals surface area contributed by atoms with Gasteiger partial charge in [-0.1, -0.05) is 0 Å². The van der Waals surface area contributed by atoms with E-state index in [0.717, 1.165) is 37.8 Å². The Labute approximate surface area is 203 Å². The van der Waals surface area contributed by atoms with Crippen molar-refractivity contribution in [3.63, 3.8) is 0 Å². The average Bonchev–Trinajstić information content (AvgIpc) is 2.72. The highest BCUT2D eigenvalue weighted by Crippen LogP contribution is 2.22. The van der Waals surface area contributed by atoms with Crippen molar-refractivity contribution in [2.45, 2.75) is 31.7 Å². The Kier molecular flexibility index (Phi) is 11.9. The Morgan fingerprint density at radius 3 is 2.16 bits per heavy atom. The number of imide groups is 1. The smallest absolute Gasteiger partial charge is 0.249 e. The number of hydrogen-bond acceptors (Lipinski definition) is 6. The van der Waals surface area contributed by atoms with Gasteiger partial charge >= 0.3 is 0 Å². The van der Waals surface area contributed by atoms with Crippen LogP contribution < -0.4 is 20.9 Å². The molecule has 3 heterocycles. The summed E-state index contributed by atoms with van der Waals surface area (Å²) in [5.41, 5.74) is 2.15. The number of amides is 2. The minimum Gasteiger partial charge on any atom is -0.374 e. The van der Waals surface area contributed by atoms with Gasteiger partial charge in [0.05, 0.1) is 0 Å². The van der Waals surface area contributed by atoms with E-state index in [1.54, 1.807) is 0 Å². The minimum absolute atomic E-state index is 0. The van der Waals surface area contributed by atoms with Crippen molar-refractivity contribution in [3.8, 4) is 0 Å². The van der Waals surface area contributed by atoms with E-state index in [1.807, 2.05) is 12.1 Å². The van der Waals surface area contributed by atoms with Crippen LogP contribution in [0.25, 0.3) is 0 Å². The van der Waals surface area contributed by atoms with Crippen LogP contribution in [0.1, 0.15) is 25.7 Å². The average molecular weight is 495 g/mol. The topological polar surface area (TPSA) is 76.7 Å². The second-order valence-corrected chi connectivity index (χ2v) is 8.18. The van der Waals surface area contributed by atoms with Crippen LogP contribution in [0.3, 0.4) is 0 Å². The molecule has 176 valence electrons. The number of rotatable bonds is 5. The van der Waals surface area contributed by atoms with Gasteiger partial charge in [0.1, 0.15) is 6.04 Å². The van der Waals surface area contributed by atoms with Crippen molar-refractivity contribution in [2.24, 2.45) is 5.92 Å². The van der Waals surface area contributed by atoms with Crippen LogP contribution in [-0.2, 0) is 9.59 Å². The molecule has 0 aromatic heterocycles. The fraction of sp³-hybridized carbons (Fsp3) is 0.619. The van der Waals surface area contributed by atoms with Crippen molar-refractivity contribution in [1.29, 1.82) is 0 Å². The van der Waals surface area contributed by atoms with Crippen LogP contribution in [-0.4, -0.2) is 68.6 Å². The number of piperidine rings is 2. The first-order valence-electron chi connectivity index (χ1n) is 10.6. The molecule has 3 aliphatic heterocycles. The molecule has 1 atom stereocenters. The Morgan fingerprint density at radius 2 is 1.55 bits per heavy atom. The summed E-state index contributed by atoms with van der Waals surface area (Å²) in [4.78, 5) is 28.2. The van der Waals surface area contributed by atoms with Crippen LogP contribution in [0.15, 0.2) is 24.3 Å². The molecule has 10 heteroatoms. The van der Waals surface area contributed by atoms with E-state index < -0.39 is 0 Å². The van der Waals surface area contributed by atoms with Crippen molar-refractivity contribution in [3.05, 3.63) is 24.3 Å². The maximum atomic E-state index is 11.9. The number of carbonyl (C=O) groups excluding carboxylic acids is 2. The zero-order chi connectivity index (χ0) is 19.3. The molecule has 7 nitrogen and oxygen atoms in total. The van der Waals surface area contributed by atoms with Crippen molar-refractivity contribution < 1.29 is 9.59 Å². The maximum Gasteiger partial charge on any atom is 0.249 e. The molecule has 3 N–H and O–H groups in total. The van der Waals surface area contributed by atoms with Gasteiger partial charge in [0.2, 0.25) is 11.8 Å². The van der Waals surface area contributed by atoms with E-state index in [9.17, 15) is 9.59 Å². The third kappa shape index (κ3) is 7.68. The molecule has 2 amide bonds. The predicted molar refractivity (Wildman–Crippen MR) is 132 cm³/mol. The second kappa shape index (κ2) is 13.3. The van der Waals surface area contributed by atoms with Crippen molar-refractivity contribution >= 4 is 60.4 Å². The molecule has 1 unspecified atom stereocenters. The largest absolute Gasteiger partial charge is 0.374 e. The Hall–Kier alpha value is -1.25. The molecule has 0 aliphatic carbocycles. The quantitative estimate of drug-likeness (QED) is 0.545. The highest BCUT2D eigenvalue weighted by atomic mass is 35.5. The number of carbonyl (C=O) groups is 2. The summed E-state index contributed by atoms with van der Waals surface area (Å²) < 4.78 is 0. The van der Waals surface area contributed by atoms with E-state index in [0.29, 0.717) is 12.8 Å². The summed E-state index contributed by atoms with van der Waals surface area (Å²) in [6.07, 6.45) is 3.55. The highest BCUT2D eigenvalue weighted by Gasteiger charge is 2.26. The first kappa shape index (κ1) is 27.8. The van der Waals surface area contributed by atoms with E-state index in [-0.39, 0.29) is 55.1 Å². The standard InChI is InChI=1S/C21H31N5O2.3ClH/c27-20-6-5-19(21(28)24-20)23-17-1-3-18(4-2-17)26-13-11-25(12-14-26)15-16-7-9-22-10-8-16;;;/h1-4,16,19,22-23H,5-15H2,(H,24,27,28);3*1H. The second-order valence-electron chi connectivity index (χ2n) is 8.18. The molecule has 0 radical (unpaired) electrons. The monoisotopic (exact) mass is 493 g/mol. The highest BCUT2D eigenvalue weighted by molar-refractivity contribution is 6.01. The van der Waals surface area contributed by atoms with Crippen molar-refractivity contribution in [1.82, 2.24) is 15.5 Å². The molecule has 4 rings (SSSR count). The molecule has 3 aliphatic rings. The fourth-order valence-electron chi connectivity index (χ4n) is 4.42. The lowest BCUT2D eigenvalue weighted by Gasteiger charge is -2.38. The molecule has 0 spiro atoms. The summed E-state index contributed by atoms with van der Waals surface area (Å²) >= 11 is 0. The zero-order valence-electron chi connectivity index (χ0n) is 17.7. The van der Waals surface area contributed by atoms with Gasteiger partial charge in [-0.3, -0.25) is 19.8 Å². The van der Waals surface area contributed by atoms with Gasteiger partial charge in [-0.25, -0.2) is 0 Å². The van der Waals surface area contributed by atoms with Gasteiger partial charge in [-0.2, -0.15) is 0 Å². The third-order valence-corrected chi connectivity index (χ3v) is 6.16. The first-order chi connectivity index (χ1) is 13.7. The van der Waals surface area contributed by atoms with Crippen LogP contribution in [0.4, 0.5) is 11.4 Å². The molecule has 1 aromatic rings. The number of anilines is 2. The fourth-order valence-corrected chi connectivity index (χ4v) is 4.42. The lowest BCUT2D eigenvalue weighted by atomic mass is 9.97. The number of nitrogens with one attached hydrogen (secondary N) is 3. The van der Waals surface area contributed by atoms with E-state index in [2.05, 4.69) is 37.9 Å². The van der Waals surface area contributed by atoms with Gasteiger partial charge in [0.25, 0.3) is 0 Å². The third-order valence-electron chi connectivity index (χ3n) is 6.16. The number of hydrogen-bond donors (Lipinski definition) is 3. The van der Waals surface area contributed by atoms with E-state index in [4.69, 9.17) is 0 Å². The van der Waals surface area contributed by atoms with Crippen LogP contribution in [0, 0.1) is 5.92 Å². The summed E-state index contributed by atoms with van der Waals surface area (Å²) in [5.74, 6) is 0.438. The van der Waals surface area contributed by atoms with Crippen molar-refractivity contribution in [2.75, 3.05) is 56.0 Å². The predicted octanol–water partition coefficient (Wildman–Crippen LogP) is 2.29. The van der Waals surface area contributed by atoms with Gasteiger partial charge in [-0.05, 0) is 62.5 Å². The van der Waals surface area contributed by atoms with Gasteiger partial charge in [-0.15, -0.1) is 37.2 Å². The minimum atomic E-state index is -0.331. The Bertz CT molecular complexity index is 693. The summed E-state index contributed by atoms with van der Waals surface area (Å²) in [7, 11) is 0. The summed E-state index contributed by atoms with van der Waals surface area (Å²) in [6, 6.07) is 7.97. The lowest BCUT2D eigenvalue weighted by molar-refractivity contribution is -0.133. The number of piperazine rings is 1. The number of benzene rings is 1. The number of nitrogens with zero attached hydrogens (tertiary/aromatic N) is 2. The zero-order valence-corrected chi connectivity index (χ0v) is 20.1. The summed E-state index contributed by atoms with van der Waals surface area (Å²) in [5, 5.41) is 9.07. The number of halogens is 3. The molecule has 3 fully saturated rings. The van der Waals surface area contributed by atoms with Crippen LogP contribution >= 0.6 is 37.2 Å². The van der Waals surface area contributed by atoms with Gasteiger partial charge in [0, 0.05) is 50.5 Å². The maximum absolute atomic E-state index is 11.9. The molecule has 0 bridgehead atoms. The molecular formula is C21H34Cl3N5O2. The Morgan fingerprint density at radius 1 is 0.903 bits per heavy atom.